The molecule has 12 rings (SSSR count). The Hall–Kier alpha value is -8.11. The lowest BCUT2D eigenvalue weighted by molar-refractivity contribution is 0.146. The summed E-state index contributed by atoms with van der Waals surface area (Å²) < 4.78 is 37.6. The smallest absolute Gasteiger partial charge is 0.226 e. The summed E-state index contributed by atoms with van der Waals surface area (Å²) in [6.45, 7) is 14.9. The normalized spacial score (nSPS) is 16.3. The summed E-state index contributed by atoms with van der Waals surface area (Å²) in [6.07, 6.45) is 5.10. The number of halogens is 1. The van der Waals surface area contributed by atoms with Gasteiger partial charge >= 0.3 is 0 Å². The zero-order chi connectivity index (χ0) is 49.3. The molecule has 2 aromatic carbocycles. The fraction of sp³-hybridized carbons (Fsp3) is 0.375. The van der Waals surface area contributed by atoms with Crippen LogP contribution in [0.5, 0.6) is 11.5 Å². The van der Waals surface area contributed by atoms with E-state index in [-0.39, 0.29) is 23.8 Å². The molecule has 0 aliphatic carbocycles. The van der Waals surface area contributed by atoms with Crippen molar-refractivity contribution in [2.75, 3.05) is 107 Å². The van der Waals surface area contributed by atoms with Gasteiger partial charge in [-0.1, -0.05) is 5.92 Å². The summed E-state index contributed by atoms with van der Waals surface area (Å²) in [5, 5.41) is 19.4. The number of rotatable bonds is 13. The molecule has 0 bridgehead atoms. The van der Waals surface area contributed by atoms with Gasteiger partial charge in [-0.05, 0) is 62.2 Å². The summed E-state index contributed by atoms with van der Waals surface area (Å²) in [4.78, 5) is 32.8. The highest BCUT2D eigenvalue weighted by atomic mass is 19.1. The Morgan fingerprint density at radius 2 is 1.39 bits per heavy atom. The number of anilines is 4. The molecule has 0 radical (unpaired) electrons. The SMILES string of the molecule is CC#Cc1nc2c3cnn(CCN4CCN(c5cc6c(cc5F)ONC6C)CC4)c3nc(N)n2n1.COCCOc1ccc(N2CCN(CCn3ncc4c3nc(N)n3nc(-c5ccco5)nc43)CC2)cc1. The standard InChI is InChI=1S/C25H29N9O3.C23H25FN10O/c1-35-15-16-36-19-6-4-18(5-7-19)32-11-8-31(9-12-32)10-13-33-23-20(17-27-33)24-28-22(21-3-2-14-37-21)30-34(24)25(26)29-23;1-3-4-20-27-22-16-13-26-33(21(16)28-23(25)34(22)29-20)10-7-31-5-8-32(9-6-31)18-11-15-14(2)30-35-19(15)12-17(18)24/h2-7,14,17H,8-13,15-16H2,1H3,(H2,26,29);11-14,30H,5-10H2,1-2H3,(H2,25,28). The number of fused-ring (bicyclic) bond motifs is 7. The third-order valence-corrected chi connectivity index (χ3v) is 13.2. The molecule has 3 aliphatic rings. The molecule has 72 heavy (non-hydrogen) atoms. The second-order valence-corrected chi connectivity index (χ2v) is 17.6. The Morgan fingerprint density at radius 3 is 2.01 bits per heavy atom. The fourth-order valence-electron chi connectivity index (χ4n) is 9.27. The number of furan rings is 1. The van der Waals surface area contributed by atoms with E-state index in [2.05, 4.69) is 89.4 Å². The van der Waals surface area contributed by atoms with E-state index < -0.39 is 0 Å². The molecule has 3 aliphatic heterocycles. The van der Waals surface area contributed by atoms with Crippen molar-refractivity contribution in [2.45, 2.75) is 33.0 Å². The molecule has 24 heteroatoms. The lowest BCUT2D eigenvalue weighted by Crippen LogP contribution is -2.47. The van der Waals surface area contributed by atoms with E-state index in [9.17, 15) is 4.39 Å². The average Bonchev–Trinajstić information content (AvgIpc) is 4.27. The van der Waals surface area contributed by atoms with Crippen LogP contribution in [-0.4, -0.2) is 154 Å². The van der Waals surface area contributed by atoms with Crippen LogP contribution < -0.4 is 36.3 Å². The second kappa shape index (κ2) is 19.9. The molecule has 2 fully saturated rings. The molecule has 10 heterocycles. The maximum atomic E-state index is 14.7. The van der Waals surface area contributed by atoms with Gasteiger partial charge in [0.25, 0.3) is 0 Å². The topological polar surface area (TPSA) is 240 Å². The van der Waals surface area contributed by atoms with Crippen LogP contribution in [0.1, 0.15) is 31.3 Å². The quantitative estimate of drug-likeness (QED) is 0.111. The van der Waals surface area contributed by atoms with Crippen LogP contribution in [-0.2, 0) is 17.8 Å². The van der Waals surface area contributed by atoms with Gasteiger partial charge in [0.05, 0.1) is 60.9 Å². The van der Waals surface area contributed by atoms with Crippen LogP contribution in [0.15, 0.2) is 71.6 Å². The number of hydrogen-bond acceptors (Lipinski definition) is 19. The maximum absolute atomic E-state index is 14.7. The zero-order valence-corrected chi connectivity index (χ0v) is 40.1. The van der Waals surface area contributed by atoms with Crippen LogP contribution in [0.2, 0.25) is 0 Å². The monoisotopic (exact) mass is 979 g/mol. The number of nitrogen functional groups attached to an aromatic ring is 2. The number of aromatic nitrogens is 12. The number of hydroxylamine groups is 1. The van der Waals surface area contributed by atoms with Gasteiger partial charge < -0.3 is 40.0 Å². The van der Waals surface area contributed by atoms with Gasteiger partial charge in [-0.2, -0.15) is 34.2 Å². The van der Waals surface area contributed by atoms with E-state index in [0.717, 1.165) is 87.5 Å². The van der Waals surface area contributed by atoms with Crippen molar-refractivity contribution >= 4 is 56.6 Å². The second-order valence-electron chi connectivity index (χ2n) is 17.6. The van der Waals surface area contributed by atoms with E-state index in [1.54, 1.807) is 38.8 Å². The Morgan fingerprint density at radius 1 is 0.750 bits per heavy atom. The van der Waals surface area contributed by atoms with Crippen LogP contribution in [0.4, 0.5) is 27.7 Å². The van der Waals surface area contributed by atoms with Crippen LogP contribution in [0, 0.1) is 17.7 Å². The van der Waals surface area contributed by atoms with Crippen LogP contribution in [0.3, 0.4) is 0 Å². The molecule has 372 valence electrons. The van der Waals surface area contributed by atoms with Gasteiger partial charge in [0.15, 0.2) is 34.1 Å². The molecule has 2 saturated heterocycles. The van der Waals surface area contributed by atoms with Gasteiger partial charge in [-0.15, -0.1) is 15.7 Å². The molecule has 7 aromatic heterocycles. The highest BCUT2D eigenvalue weighted by molar-refractivity contribution is 5.91. The molecule has 0 spiro atoms. The van der Waals surface area contributed by atoms with E-state index in [1.165, 1.54) is 20.8 Å². The molecule has 1 unspecified atom stereocenters. The zero-order valence-electron chi connectivity index (χ0n) is 40.1. The minimum atomic E-state index is -0.257. The minimum Gasteiger partial charge on any atom is -0.491 e. The summed E-state index contributed by atoms with van der Waals surface area (Å²) in [6, 6.07) is 15.3. The van der Waals surface area contributed by atoms with Crippen LogP contribution >= 0.6 is 0 Å². The van der Waals surface area contributed by atoms with Crippen molar-refractivity contribution in [1.82, 2.24) is 74.0 Å². The Bertz CT molecular complexity index is 3410. The van der Waals surface area contributed by atoms with Gasteiger partial charge in [0.2, 0.25) is 23.5 Å². The predicted molar refractivity (Wildman–Crippen MR) is 267 cm³/mol. The maximum Gasteiger partial charge on any atom is 0.226 e. The Labute approximate surface area is 412 Å². The fourth-order valence-corrected chi connectivity index (χ4v) is 9.27. The highest BCUT2D eigenvalue weighted by Gasteiger charge is 2.27. The van der Waals surface area contributed by atoms with E-state index in [4.69, 9.17) is 30.2 Å². The molecule has 1 atom stereocenters. The van der Waals surface area contributed by atoms with Gasteiger partial charge in [0.1, 0.15) is 18.2 Å². The molecule has 5 N–H and O–H groups in total. The van der Waals surface area contributed by atoms with E-state index in [0.29, 0.717) is 77.7 Å². The van der Waals surface area contributed by atoms with Crippen molar-refractivity contribution in [1.29, 1.82) is 0 Å². The number of nitrogens with zero attached hydrogens (tertiary/aromatic N) is 16. The third kappa shape index (κ3) is 9.20. The lowest BCUT2D eigenvalue weighted by atomic mass is 10.1. The molecule has 0 amide bonds. The summed E-state index contributed by atoms with van der Waals surface area (Å²) >= 11 is 0. The number of benzene rings is 2. The van der Waals surface area contributed by atoms with E-state index in [1.807, 2.05) is 40.6 Å². The predicted octanol–water partition coefficient (Wildman–Crippen LogP) is 3.51. The Balaban J connectivity index is 0.000000156. The minimum absolute atomic E-state index is 0.0438. The van der Waals surface area contributed by atoms with Crippen molar-refractivity contribution in [3.63, 3.8) is 0 Å². The first-order chi connectivity index (χ1) is 35.2. The molecular formula is C48H54FN19O4. The summed E-state index contributed by atoms with van der Waals surface area (Å²) in [5.41, 5.74) is 20.6. The van der Waals surface area contributed by atoms with Gasteiger partial charge in [-0.25, -0.2) is 18.7 Å². The van der Waals surface area contributed by atoms with Gasteiger partial charge in [-0.3, -0.25) is 9.80 Å². The lowest BCUT2D eigenvalue weighted by Gasteiger charge is -2.36. The number of nitrogens with two attached hydrogens (primary N) is 2. The van der Waals surface area contributed by atoms with Gasteiger partial charge in [0, 0.05) is 89.9 Å². The van der Waals surface area contributed by atoms with Crippen molar-refractivity contribution in [3.8, 4) is 34.9 Å². The average molecular weight is 980 g/mol. The van der Waals surface area contributed by atoms with Crippen molar-refractivity contribution in [3.05, 3.63) is 84.4 Å². The summed E-state index contributed by atoms with van der Waals surface area (Å²) in [7, 11) is 1.67. The Kier molecular flexibility index (Phi) is 12.8. The molecule has 0 saturated carbocycles. The molecular weight excluding hydrogens is 926 g/mol. The first-order valence-corrected chi connectivity index (χ1v) is 23.9. The molecule has 23 nitrogen and oxygen atoms in total. The van der Waals surface area contributed by atoms with Crippen molar-refractivity contribution < 1.29 is 23.1 Å². The third-order valence-electron chi connectivity index (χ3n) is 13.2. The van der Waals surface area contributed by atoms with Crippen molar-refractivity contribution in [2.24, 2.45) is 0 Å². The highest BCUT2D eigenvalue weighted by Crippen LogP contribution is 2.36. The van der Waals surface area contributed by atoms with Crippen LogP contribution in [0.25, 0.3) is 44.9 Å². The number of methoxy groups -OCH3 is 1. The molecule has 9 aromatic rings. The number of ether oxygens (including phenoxy) is 2. The van der Waals surface area contributed by atoms with E-state index >= 15 is 0 Å². The summed E-state index contributed by atoms with van der Waals surface area (Å²) in [5.74, 6) is 8.76. The number of nitrogens with one attached hydrogen (secondary N) is 1. The largest absolute Gasteiger partial charge is 0.491 e. The number of hydrogen-bond donors (Lipinski definition) is 3. The first kappa shape index (κ1) is 46.3. The first-order valence-electron chi connectivity index (χ1n) is 23.9. The number of piperazine rings is 2.